The molecule has 0 spiro atoms. The lowest BCUT2D eigenvalue weighted by molar-refractivity contribution is -0.123. The number of halogens is 2. The number of esters is 1. The van der Waals surface area contributed by atoms with Gasteiger partial charge in [-0.1, -0.05) is 15.9 Å². The molecule has 0 saturated heterocycles. The molecule has 1 aromatic heterocycles. The van der Waals surface area contributed by atoms with E-state index in [1.165, 1.54) is 37.3 Å². The van der Waals surface area contributed by atoms with E-state index in [-0.39, 0.29) is 17.2 Å². The van der Waals surface area contributed by atoms with Crippen molar-refractivity contribution in [1.82, 2.24) is 0 Å². The summed E-state index contributed by atoms with van der Waals surface area (Å²) in [6.45, 7) is 6.27. The van der Waals surface area contributed by atoms with Crippen LogP contribution in [0.3, 0.4) is 0 Å². The van der Waals surface area contributed by atoms with E-state index < -0.39 is 23.8 Å². The SMILES string of the molecule is CC(=O)Nc1sc(C)c(C)c1C(=O)OC(C)C(=O)Nc1ccc(Br)cc1F. The molecule has 1 atom stereocenters. The first-order valence-electron chi connectivity index (χ1n) is 7.94. The van der Waals surface area contributed by atoms with Crippen molar-refractivity contribution in [3.05, 3.63) is 44.5 Å². The molecule has 144 valence electrons. The Morgan fingerprint density at radius 3 is 2.48 bits per heavy atom. The minimum absolute atomic E-state index is 0.0207. The summed E-state index contributed by atoms with van der Waals surface area (Å²) in [5, 5.41) is 5.35. The van der Waals surface area contributed by atoms with E-state index in [1.54, 1.807) is 13.0 Å². The van der Waals surface area contributed by atoms with E-state index in [4.69, 9.17) is 4.74 Å². The fourth-order valence-electron chi connectivity index (χ4n) is 2.22. The third-order valence-electron chi connectivity index (χ3n) is 3.72. The van der Waals surface area contributed by atoms with Gasteiger partial charge in [0.25, 0.3) is 5.91 Å². The zero-order valence-corrected chi connectivity index (χ0v) is 17.5. The average Bonchev–Trinajstić information content (AvgIpc) is 2.83. The van der Waals surface area contributed by atoms with Crippen LogP contribution in [0.1, 0.15) is 34.6 Å². The second kappa shape index (κ2) is 8.62. The zero-order valence-electron chi connectivity index (χ0n) is 15.1. The molecule has 27 heavy (non-hydrogen) atoms. The van der Waals surface area contributed by atoms with E-state index in [0.29, 0.717) is 15.0 Å². The molecule has 1 aromatic carbocycles. The van der Waals surface area contributed by atoms with Crippen LogP contribution in [0.25, 0.3) is 0 Å². The molecule has 0 aliphatic rings. The van der Waals surface area contributed by atoms with Gasteiger partial charge in [0.05, 0.1) is 11.3 Å². The van der Waals surface area contributed by atoms with Gasteiger partial charge < -0.3 is 15.4 Å². The zero-order chi connectivity index (χ0) is 20.3. The van der Waals surface area contributed by atoms with Gasteiger partial charge in [-0.05, 0) is 44.5 Å². The number of nitrogens with one attached hydrogen (secondary N) is 2. The van der Waals surface area contributed by atoms with Gasteiger partial charge in [0.2, 0.25) is 5.91 Å². The van der Waals surface area contributed by atoms with Crippen molar-refractivity contribution in [3.63, 3.8) is 0 Å². The highest BCUT2D eigenvalue weighted by Gasteiger charge is 2.26. The Bertz CT molecular complexity index is 913. The Hall–Kier alpha value is -2.26. The molecule has 0 bridgehead atoms. The van der Waals surface area contributed by atoms with Gasteiger partial charge in [0, 0.05) is 16.3 Å². The van der Waals surface area contributed by atoms with Crippen LogP contribution in [-0.2, 0) is 14.3 Å². The molecular formula is C18H18BrFN2O4S. The van der Waals surface area contributed by atoms with Gasteiger partial charge in [-0.2, -0.15) is 0 Å². The first-order valence-corrected chi connectivity index (χ1v) is 9.55. The number of anilines is 2. The fraction of sp³-hybridized carbons (Fsp3) is 0.278. The lowest BCUT2D eigenvalue weighted by Gasteiger charge is -2.15. The molecule has 0 aliphatic heterocycles. The summed E-state index contributed by atoms with van der Waals surface area (Å²) in [6.07, 6.45) is -1.16. The van der Waals surface area contributed by atoms with Crippen LogP contribution in [0.15, 0.2) is 22.7 Å². The number of hydrogen-bond donors (Lipinski definition) is 2. The van der Waals surface area contributed by atoms with Gasteiger partial charge in [0.15, 0.2) is 6.10 Å². The molecule has 0 saturated carbocycles. The summed E-state index contributed by atoms with van der Waals surface area (Å²) < 4.78 is 19.6. The number of amides is 2. The summed E-state index contributed by atoms with van der Waals surface area (Å²) in [5.41, 5.74) is 0.857. The number of aryl methyl sites for hydroxylation is 1. The number of thiophene rings is 1. The number of benzene rings is 1. The van der Waals surface area contributed by atoms with Gasteiger partial charge >= 0.3 is 5.97 Å². The second-order valence-corrected chi connectivity index (χ2v) is 7.97. The molecule has 6 nitrogen and oxygen atoms in total. The number of ether oxygens (including phenoxy) is 1. The minimum atomic E-state index is -1.16. The van der Waals surface area contributed by atoms with Crippen LogP contribution in [0.4, 0.5) is 15.1 Å². The van der Waals surface area contributed by atoms with Gasteiger partial charge in [0.1, 0.15) is 10.8 Å². The van der Waals surface area contributed by atoms with Gasteiger partial charge in [-0.15, -0.1) is 11.3 Å². The Morgan fingerprint density at radius 2 is 1.89 bits per heavy atom. The van der Waals surface area contributed by atoms with Gasteiger partial charge in [-0.3, -0.25) is 9.59 Å². The van der Waals surface area contributed by atoms with E-state index in [0.717, 1.165) is 4.88 Å². The molecule has 1 heterocycles. The van der Waals surface area contributed by atoms with Crippen molar-refractivity contribution in [2.75, 3.05) is 10.6 Å². The Morgan fingerprint density at radius 1 is 1.22 bits per heavy atom. The highest BCUT2D eigenvalue weighted by Crippen LogP contribution is 2.33. The Kier molecular flexibility index (Phi) is 6.72. The smallest absolute Gasteiger partial charge is 0.342 e. The molecule has 0 aliphatic carbocycles. The quantitative estimate of drug-likeness (QED) is 0.652. The minimum Gasteiger partial charge on any atom is -0.449 e. The predicted octanol–water partition coefficient (Wildman–Crippen LogP) is 4.41. The van der Waals surface area contributed by atoms with Crippen LogP contribution in [-0.4, -0.2) is 23.9 Å². The fourth-order valence-corrected chi connectivity index (χ4v) is 3.65. The van der Waals surface area contributed by atoms with Gasteiger partial charge in [-0.25, -0.2) is 9.18 Å². The van der Waals surface area contributed by atoms with Crippen molar-refractivity contribution in [3.8, 4) is 0 Å². The maximum absolute atomic E-state index is 13.8. The third kappa shape index (κ3) is 5.14. The van der Waals surface area contributed by atoms with E-state index in [1.807, 2.05) is 6.92 Å². The normalized spacial score (nSPS) is 11.6. The summed E-state index contributed by atoms with van der Waals surface area (Å²) in [7, 11) is 0. The van der Waals surface area contributed by atoms with Crippen LogP contribution in [0.2, 0.25) is 0 Å². The third-order valence-corrected chi connectivity index (χ3v) is 5.34. The molecule has 2 aromatic rings. The maximum Gasteiger partial charge on any atom is 0.342 e. The van der Waals surface area contributed by atoms with Crippen molar-refractivity contribution in [2.24, 2.45) is 0 Å². The highest BCUT2D eigenvalue weighted by molar-refractivity contribution is 9.10. The van der Waals surface area contributed by atoms with Crippen molar-refractivity contribution in [2.45, 2.75) is 33.8 Å². The largest absolute Gasteiger partial charge is 0.449 e. The molecule has 2 amide bonds. The molecule has 0 fully saturated rings. The number of rotatable bonds is 5. The molecule has 9 heteroatoms. The Balaban J connectivity index is 2.13. The summed E-state index contributed by atoms with van der Waals surface area (Å²) in [6, 6.07) is 4.18. The first kappa shape index (κ1) is 21.0. The van der Waals surface area contributed by atoms with Crippen LogP contribution in [0.5, 0.6) is 0 Å². The lowest BCUT2D eigenvalue weighted by atomic mass is 10.1. The van der Waals surface area contributed by atoms with Crippen LogP contribution < -0.4 is 10.6 Å². The monoisotopic (exact) mass is 456 g/mol. The van der Waals surface area contributed by atoms with Crippen molar-refractivity contribution in [1.29, 1.82) is 0 Å². The number of hydrogen-bond acceptors (Lipinski definition) is 5. The van der Waals surface area contributed by atoms with Crippen LogP contribution in [0, 0.1) is 19.7 Å². The second-order valence-electron chi connectivity index (χ2n) is 5.83. The van der Waals surface area contributed by atoms with Crippen molar-refractivity contribution < 1.29 is 23.5 Å². The lowest BCUT2D eigenvalue weighted by Crippen LogP contribution is -2.30. The molecule has 2 N–H and O–H groups in total. The van der Waals surface area contributed by atoms with Crippen LogP contribution >= 0.6 is 27.3 Å². The first-order chi connectivity index (χ1) is 12.6. The topological polar surface area (TPSA) is 84.5 Å². The summed E-state index contributed by atoms with van der Waals surface area (Å²) >= 11 is 4.38. The Labute approximate surface area is 168 Å². The number of carbonyl (C=O) groups is 3. The summed E-state index contributed by atoms with van der Waals surface area (Å²) in [4.78, 5) is 37.0. The number of carbonyl (C=O) groups excluding carboxylic acids is 3. The molecule has 1 unspecified atom stereocenters. The average molecular weight is 457 g/mol. The van der Waals surface area contributed by atoms with Crippen molar-refractivity contribution >= 4 is 55.7 Å². The van der Waals surface area contributed by atoms with E-state index in [2.05, 4.69) is 26.6 Å². The maximum atomic E-state index is 13.8. The predicted molar refractivity (Wildman–Crippen MR) is 106 cm³/mol. The standard InChI is InChI=1S/C18H18BrFN2O4S/c1-8-10(3)27-17(21-11(4)23)15(8)18(25)26-9(2)16(24)22-14-6-5-12(19)7-13(14)20/h5-7,9H,1-4H3,(H,21,23)(H,22,24). The molecule has 0 radical (unpaired) electrons. The molecule has 2 rings (SSSR count). The van der Waals surface area contributed by atoms with E-state index in [9.17, 15) is 18.8 Å². The summed E-state index contributed by atoms with van der Waals surface area (Å²) in [5.74, 6) is -2.34. The highest BCUT2D eigenvalue weighted by atomic mass is 79.9. The van der Waals surface area contributed by atoms with E-state index >= 15 is 0 Å². The molecular weight excluding hydrogens is 439 g/mol.